The van der Waals surface area contributed by atoms with Crippen LogP contribution < -0.4 is 4.90 Å². The van der Waals surface area contributed by atoms with Crippen molar-refractivity contribution in [3.05, 3.63) is 58.0 Å². The number of rotatable bonds is 5. The van der Waals surface area contributed by atoms with Crippen molar-refractivity contribution in [2.75, 3.05) is 24.5 Å². The van der Waals surface area contributed by atoms with E-state index in [1.165, 1.54) is 12.1 Å². The second-order valence-electron chi connectivity index (χ2n) is 11.3. The van der Waals surface area contributed by atoms with Crippen LogP contribution in [0.25, 0.3) is 0 Å². The van der Waals surface area contributed by atoms with Gasteiger partial charge in [0.25, 0.3) is 0 Å². The fourth-order valence-electron chi connectivity index (χ4n) is 5.41. The molecule has 1 unspecified atom stereocenters. The highest BCUT2D eigenvalue weighted by atomic mass is 19.1. The molecule has 0 bridgehead atoms. The molecule has 1 amide bonds. The predicted molar refractivity (Wildman–Crippen MR) is 138 cm³/mol. The Labute approximate surface area is 214 Å². The largest absolute Gasteiger partial charge is 0.370 e. The van der Waals surface area contributed by atoms with Gasteiger partial charge >= 0.3 is 0 Å². The van der Waals surface area contributed by atoms with E-state index >= 15 is 0 Å². The summed E-state index contributed by atoms with van der Waals surface area (Å²) < 4.78 is 19.7. The standard InChI is InChI=1S/C29H37FN4O2/c1-18(2)25-16-33(10-11-34(25)26(35)13-20-8-7-9-21(30)12-20)28-23(15-31)22-14-29(5,6)36-17-24(22)27(32-28)19(3)4/h7-9,12,18-19,25H,10-11,13-14,16-17H2,1-6H3. The number of hydrogen-bond donors (Lipinski definition) is 0. The number of benzene rings is 1. The van der Waals surface area contributed by atoms with E-state index < -0.39 is 0 Å². The summed E-state index contributed by atoms with van der Waals surface area (Å²) in [6.07, 6.45) is 0.842. The number of ether oxygens (including phenoxy) is 1. The third-order valence-electron chi connectivity index (χ3n) is 7.35. The highest BCUT2D eigenvalue weighted by Crippen LogP contribution is 2.38. The lowest BCUT2D eigenvalue weighted by Gasteiger charge is -2.45. The van der Waals surface area contributed by atoms with Gasteiger partial charge in [-0.05, 0) is 48.9 Å². The number of anilines is 1. The van der Waals surface area contributed by atoms with Gasteiger partial charge < -0.3 is 14.5 Å². The minimum atomic E-state index is -0.339. The van der Waals surface area contributed by atoms with Crippen LogP contribution in [0.2, 0.25) is 0 Å². The Balaban J connectivity index is 1.65. The molecule has 6 nitrogen and oxygen atoms in total. The molecular formula is C29H37FN4O2. The van der Waals surface area contributed by atoms with E-state index in [9.17, 15) is 14.4 Å². The molecule has 36 heavy (non-hydrogen) atoms. The summed E-state index contributed by atoms with van der Waals surface area (Å²) in [7, 11) is 0. The van der Waals surface area contributed by atoms with Crippen molar-refractivity contribution in [1.29, 1.82) is 5.26 Å². The van der Waals surface area contributed by atoms with Crippen LogP contribution in [-0.2, 0) is 29.0 Å². The lowest BCUT2D eigenvalue weighted by molar-refractivity contribution is -0.134. The SMILES string of the molecule is CC(C)c1nc(N2CCN(C(=O)Cc3cccc(F)c3)C(C(C)C)C2)c(C#N)c2c1COC(C)(C)C2. The number of carbonyl (C=O) groups excluding carboxylic acids is 1. The van der Waals surface area contributed by atoms with Crippen molar-refractivity contribution in [2.24, 2.45) is 5.92 Å². The Morgan fingerprint density at radius 2 is 2.00 bits per heavy atom. The highest BCUT2D eigenvalue weighted by Gasteiger charge is 2.37. The van der Waals surface area contributed by atoms with Crippen LogP contribution in [0.5, 0.6) is 0 Å². The van der Waals surface area contributed by atoms with E-state index in [1.54, 1.807) is 12.1 Å². The Morgan fingerprint density at radius 1 is 1.25 bits per heavy atom. The summed E-state index contributed by atoms with van der Waals surface area (Å²) in [6, 6.07) is 8.67. The monoisotopic (exact) mass is 492 g/mol. The number of nitrogens with zero attached hydrogens (tertiary/aromatic N) is 4. The summed E-state index contributed by atoms with van der Waals surface area (Å²) in [6.45, 7) is 14.8. The third-order valence-corrected chi connectivity index (χ3v) is 7.35. The zero-order chi connectivity index (χ0) is 26.2. The number of piperazine rings is 1. The van der Waals surface area contributed by atoms with Crippen LogP contribution in [0.4, 0.5) is 10.2 Å². The first-order chi connectivity index (χ1) is 17.0. The van der Waals surface area contributed by atoms with E-state index in [4.69, 9.17) is 9.72 Å². The van der Waals surface area contributed by atoms with Crippen LogP contribution in [-0.4, -0.2) is 47.1 Å². The van der Waals surface area contributed by atoms with E-state index in [-0.39, 0.29) is 41.6 Å². The minimum absolute atomic E-state index is 0.000348. The maximum absolute atomic E-state index is 13.7. The van der Waals surface area contributed by atoms with Gasteiger partial charge in [0.1, 0.15) is 17.7 Å². The molecule has 1 atom stereocenters. The summed E-state index contributed by atoms with van der Waals surface area (Å²) >= 11 is 0. The van der Waals surface area contributed by atoms with Gasteiger partial charge in [0.15, 0.2) is 0 Å². The summed E-state index contributed by atoms with van der Waals surface area (Å²) in [5.74, 6) is 0.803. The number of nitriles is 1. The zero-order valence-corrected chi connectivity index (χ0v) is 22.3. The summed E-state index contributed by atoms with van der Waals surface area (Å²) in [5.41, 5.74) is 4.06. The average molecular weight is 493 g/mol. The van der Waals surface area contributed by atoms with Crippen molar-refractivity contribution < 1.29 is 13.9 Å². The Bertz CT molecular complexity index is 1180. The van der Waals surface area contributed by atoms with Crippen molar-refractivity contribution >= 4 is 11.7 Å². The third kappa shape index (κ3) is 5.24. The van der Waals surface area contributed by atoms with Gasteiger partial charge in [-0.25, -0.2) is 9.37 Å². The molecule has 0 saturated carbocycles. The number of amides is 1. The number of pyridine rings is 1. The van der Waals surface area contributed by atoms with Gasteiger partial charge in [0.2, 0.25) is 5.91 Å². The molecule has 0 radical (unpaired) electrons. The molecule has 1 aromatic carbocycles. The number of hydrogen-bond acceptors (Lipinski definition) is 5. The Kier molecular flexibility index (Phi) is 7.38. The normalized spacial score (nSPS) is 19.4. The molecule has 0 N–H and O–H groups in total. The molecule has 2 aromatic rings. The molecule has 2 aliphatic rings. The maximum Gasteiger partial charge on any atom is 0.227 e. The van der Waals surface area contributed by atoms with Crippen molar-refractivity contribution in [1.82, 2.24) is 9.88 Å². The smallest absolute Gasteiger partial charge is 0.227 e. The first kappa shape index (κ1) is 26.1. The summed E-state index contributed by atoms with van der Waals surface area (Å²) in [5, 5.41) is 10.3. The molecule has 0 aliphatic carbocycles. The zero-order valence-electron chi connectivity index (χ0n) is 22.3. The van der Waals surface area contributed by atoms with Gasteiger partial charge in [0.05, 0.1) is 35.9 Å². The van der Waals surface area contributed by atoms with Crippen LogP contribution in [0.15, 0.2) is 24.3 Å². The molecular weight excluding hydrogens is 455 g/mol. The second-order valence-corrected chi connectivity index (χ2v) is 11.3. The summed E-state index contributed by atoms with van der Waals surface area (Å²) in [4.78, 5) is 22.4. The molecule has 1 fully saturated rings. The second kappa shape index (κ2) is 10.2. The fourth-order valence-corrected chi connectivity index (χ4v) is 5.41. The number of carbonyl (C=O) groups is 1. The van der Waals surface area contributed by atoms with E-state index in [1.807, 2.05) is 4.90 Å². The average Bonchev–Trinajstić information content (AvgIpc) is 2.81. The first-order valence-electron chi connectivity index (χ1n) is 12.9. The number of halogens is 1. The molecule has 1 aromatic heterocycles. The van der Waals surface area contributed by atoms with Crippen molar-refractivity contribution in [3.8, 4) is 6.07 Å². The van der Waals surface area contributed by atoms with E-state index in [0.29, 0.717) is 43.8 Å². The quantitative estimate of drug-likeness (QED) is 0.589. The molecule has 2 aliphatic heterocycles. The fraction of sp³-hybridized carbons (Fsp3) is 0.552. The van der Waals surface area contributed by atoms with Crippen LogP contribution in [0.1, 0.15) is 75.4 Å². The van der Waals surface area contributed by atoms with Crippen molar-refractivity contribution in [3.63, 3.8) is 0 Å². The lowest BCUT2D eigenvalue weighted by atomic mass is 9.86. The molecule has 3 heterocycles. The lowest BCUT2D eigenvalue weighted by Crippen LogP contribution is -2.58. The highest BCUT2D eigenvalue weighted by molar-refractivity contribution is 5.79. The van der Waals surface area contributed by atoms with Gasteiger partial charge in [0, 0.05) is 31.6 Å². The number of aromatic nitrogens is 1. The topological polar surface area (TPSA) is 69.5 Å². The van der Waals surface area contributed by atoms with Gasteiger partial charge in [-0.1, -0.05) is 39.8 Å². The Hall–Kier alpha value is -2.98. The van der Waals surface area contributed by atoms with Crippen molar-refractivity contribution in [2.45, 2.75) is 78.6 Å². The first-order valence-corrected chi connectivity index (χ1v) is 12.9. The molecule has 0 spiro atoms. The minimum Gasteiger partial charge on any atom is -0.370 e. The molecule has 1 saturated heterocycles. The molecule has 192 valence electrons. The van der Waals surface area contributed by atoms with Crippen LogP contribution in [0.3, 0.4) is 0 Å². The van der Waals surface area contributed by atoms with Gasteiger partial charge in [-0.3, -0.25) is 4.79 Å². The predicted octanol–water partition coefficient (Wildman–Crippen LogP) is 4.98. The van der Waals surface area contributed by atoms with E-state index in [2.05, 4.69) is 52.5 Å². The number of fused-ring (bicyclic) bond motifs is 1. The van der Waals surface area contributed by atoms with Gasteiger partial charge in [-0.2, -0.15) is 5.26 Å². The maximum atomic E-state index is 13.7. The Morgan fingerprint density at radius 3 is 2.64 bits per heavy atom. The van der Waals surface area contributed by atoms with E-state index in [0.717, 1.165) is 22.6 Å². The molecule has 7 heteroatoms. The van der Waals surface area contributed by atoms with Gasteiger partial charge in [-0.15, -0.1) is 0 Å². The molecule has 4 rings (SSSR count). The van der Waals surface area contributed by atoms with Crippen LogP contribution in [0, 0.1) is 23.1 Å². The van der Waals surface area contributed by atoms with Crippen LogP contribution >= 0.6 is 0 Å².